The Labute approximate surface area is 163 Å². The highest BCUT2D eigenvalue weighted by Crippen LogP contribution is 2.48. The highest BCUT2D eigenvalue weighted by Gasteiger charge is 2.52. The summed E-state index contributed by atoms with van der Waals surface area (Å²) in [5.41, 5.74) is 3.95. The van der Waals surface area contributed by atoms with Gasteiger partial charge in [-0.2, -0.15) is 5.10 Å². The van der Waals surface area contributed by atoms with E-state index in [0.717, 1.165) is 34.0 Å². The van der Waals surface area contributed by atoms with Gasteiger partial charge in [0, 0.05) is 35.3 Å². The molecule has 1 aromatic heterocycles. The number of ether oxygens (including phenoxy) is 1. The van der Waals surface area contributed by atoms with Crippen molar-refractivity contribution in [2.24, 2.45) is 5.92 Å². The lowest BCUT2D eigenvalue weighted by Crippen LogP contribution is -2.10. The maximum absolute atomic E-state index is 14.0. The second kappa shape index (κ2) is 6.51. The molecule has 1 unspecified atom stereocenters. The van der Waals surface area contributed by atoms with Gasteiger partial charge in [-0.05, 0) is 18.6 Å². The molecule has 28 heavy (non-hydrogen) atoms. The third-order valence-corrected chi connectivity index (χ3v) is 5.67. The van der Waals surface area contributed by atoms with Gasteiger partial charge in [0.2, 0.25) is 0 Å². The second-order valence-electron chi connectivity index (χ2n) is 7.57. The van der Waals surface area contributed by atoms with Crippen LogP contribution in [0.3, 0.4) is 0 Å². The van der Waals surface area contributed by atoms with Crippen LogP contribution in [0, 0.1) is 5.92 Å². The number of halogens is 1. The molecule has 1 fully saturated rings. The standard InChI is InChI=1S/C23H22FN3O/c1-2-23(24)12-18(23)13-25-19-9-8-17-14-27-20(15-28-22(17)10-19)11-21(26-27)16-6-4-3-5-7-16/h2-11,18,25H,1,12-15H2/t18?,23-/m0/s1. The number of aromatic nitrogens is 2. The van der Waals surface area contributed by atoms with Gasteiger partial charge in [-0.15, -0.1) is 0 Å². The van der Waals surface area contributed by atoms with E-state index in [4.69, 9.17) is 9.84 Å². The molecule has 0 saturated heterocycles. The zero-order valence-corrected chi connectivity index (χ0v) is 15.6. The van der Waals surface area contributed by atoms with E-state index in [2.05, 4.69) is 36.2 Å². The summed E-state index contributed by atoms with van der Waals surface area (Å²) in [5.74, 6) is 0.855. The summed E-state index contributed by atoms with van der Waals surface area (Å²) in [7, 11) is 0. The van der Waals surface area contributed by atoms with E-state index in [0.29, 0.717) is 26.1 Å². The Balaban J connectivity index is 1.32. The van der Waals surface area contributed by atoms with Crippen LogP contribution in [0.15, 0.2) is 67.3 Å². The molecule has 3 aromatic rings. The largest absolute Gasteiger partial charge is 0.487 e. The summed E-state index contributed by atoms with van der Waals surface area (Å²) in [6, 6.07) is 18.3. The average Bonchev–Trinajstić information content (AvgIpc) is 3.28. The Morgan fingerprint density at radius 3 is 2.89 bits per heavy atom. The summed E-state index contributed by atoms with van der Waals surface area (Å²) in [6.07, 6.45) is 1.97. The predicted molar refractivity (Wildman–Crippen MR) is 108 cm³/mol. The Hall–Kier alpha value is -3.08. The van der Waals surface area contributed by atoms with E-state index in [1.54, 1.807) is 0 Å². The molecule has 2 aliphatic rings. The monoisotopic (exact) mass is 375 g/mol. The Bertz CT molecular complexity index is 1030. The van der Waals surface area contributed by atoms with Crippen molar-refractivity contribution in [2.45, 2.75) is 25.2 Å². The van der Waals surface area contributed by atoms with E-state index in [1.165, 1.54) is 6.08 Å². The van der Waals surface area contributed by atoms with Gasteiger partial charge in [0.15, 0.2) is 0 Å². The molecular formula is C23H22FN3O. The highest BCUT2D eigenvalue weighted by atomic mass is 19.1. The van der Waals surface area contributed by atoms with Gasteiger partial charge in [-0.1, -0.05) is 49.1 Å². The van der Waals surface area contributed by atoms with Crippen LogP contribution in [-0.4, -0.2) is 22.0 Å². The number of hydrogen-bond acceptors (Lipinski definition) is 3. The van der Waals surface area contributed by atoms with Crippen molar-refractivity contribution in [3.63, 3.8) is 0 Å². The van der Waals surface area contributed by atoms with Crippen LogP contribution in [0.1, 0.15) is 17.7 Å². The van der Waals surface area contributed by atoms with Gasteiger partial charge in [-0.25, -0.2) is 4.39 Å². The molecule has 2 aromatic carbocycles. The summed E-state index contributed by atoms with van der Waals surface area (Å²) in [6.45, 7) is 5.32. The maximum atomic E-state index is 14.0. The number of alkyl halides is 1. The zero-order chi connectivity index (χ0) is 19.1. The maximum Gasteiger partial charge on any atom is 0.133 e. The SMILES string of the molecule is C=C[C@]1(F)CC1CNc1ccc2c(c1)OCc1cc(-c3ccccc3)nn1C2. The number of allylic oxidation sites excluding steroid dienone is 1. The minimum atomic E-state index is -1.19. The molecule has 4 nitrogen and oxygen atoms in total. The molecule has 0 amide bonds. The third-order valence-electron chi connectivity index (χ3n) is 5.67. The topological polar surface area (TPSA) is 39.1 Å². The van der Waals surface area contributed by atoms with E-state index in [9.17, 15) is 4.39 Å². The van der Waals surface area contributed by atoms with Gasteiger partial charge in [-0.3, -0.25) is 4.68 Å². The highest BCUT2D eigenvalue weighted by molar-refractivity contribution is 5.59. The van der Waals surface area contributed by atoms with Crippen molar-refractivity contribution in [3.8, 4) is 17.0 Å². The van der Waals surface area contributed by atoms with Gasteiger partial charge < -0.3 is 10.1 Å². The normalized spacial score (nSPS) is 22.4. The van der Waals surface area contributed by atoms with Crippen molar-refractivity contribution in [3.05, 3.63) is 78.5 Å². The Morgan fingerprint density at radius 2 is 2.11 bits per heavy atom. The number of rotatable bonds is 5. The van der Waals surface area contributed by atoms with Crippen LogP contribution in [-0.2, 0) is 13.2 Å². The molecule has 2 heterocycles. The molecule has 0 spiro atoms. The van der Waals surface area contributed by atoms with Gasteiger partial charge in [0.1, 0.15) is 18.0 Å². The first-order chi connectivity index (χ1) is 13.6. The first-order valence-corrected chi connectivity index (χ1v) is 9.59. The van der Waals surface area contributed by atoms with Gasteiger partial charge in [0.25, 0.3) is 0 Å². The van der Waals surface area contributed by atoms with E-state index >= 15 is 0 Å². The molecule has 1 N–H and O–H groups in total. The van der Waals surface area contributed by atoms with Crippen molar-refractivity contribution in [1.82, 2.24) is 9.78 Å². The molecular weight excluding hydrogens is 353 g/mol. The van der Waals surface area contributed by atoms with Crippen LogP contribution < -0.4 is 10.1 Å². The van der Waals surface area contributed by atoms with Crippen LogP contribution in [0.5, 0.6) is 5.75 Å². The molecule has 0 radical (unpaired) electrons. The fourth-order valence-electron chi connectivity index (χ4n) is 3.75. The number of anilines is 1. The van der Waals surface area contributed by atoms with E-state index < -0.39 is 5.67 Å². The van der Waals surface area contributed by atoms with Crippen LogP contribution >= 0.6 is 0 Å². The van der Waals surface area contributed by atoms with E-state index in [-0.39, 0.29) is 5.92 Å². The smallest absolute Gasteiger partial charge is 0.133 e. The molecule has 1 saturated carbocycles. The summed E-state index contributed by atoms with van der Waals surface area (Å²) in [4.78, 5) is 0. The second-order valence-corrected chi connectivity index (χ2v) is 7.57. The first kappa shape index (κ1) is 17.0. The number of hydrogen-bond donors (Lipinski definition) is 1. The molecule has 5 heteroatoms. The zero-order valence-electron chi connectivity index (χ0n) is 15.6. The van der Waals surface area contributed by atoms with Crippen molar-refractivity contribution >= 4 is 5.69 Å². The first-order valence-electron chi connectivity index (χ1n) is 9.59. The number of nitrogens with zero attached hydrogens (tertiary/aromatic N) is 2. The average molecular weight is 375 g/mol. The lowest BCUT2D eigenvalue weighted by Gasteiger charge is -2.11. The lowest BCUT2D eigenvalue weighted by atomic mass is 10.1. The van der Waals surface area contributed by atoms with Crippen LogP contribution in [0.4, 0.5) is 10.1 Å². The minimum Gasteiger partial charge on any atom is -0.487 e. The van der Waals surface area contributed by atoms with Crippen molar-refractivity contribution < 1.29 is 9.13 Å². The number of benzene rings is 2. The number of nitrogens with one attached hydrogen (secondary N) is 1. The fourth-order valence-corrected chi connectivity index (χ4v) is 3.75. The number of fused-ring (bicyclic) bond motifs is 2. The van der Waals surface area contributed by atoms with Crippen molar-refractivity contribution in [2.75, 3.05) is 11.9 Å². The van der Waals surface area contributed by atoms with Crippen LogP contribution in [0.2, 0.25) is 0 Å². The fraction of sp³-hybridized carbons (Fsp3) is 0.261. The summed E-state index contributed by atoms with van der Waals surface area (Å²) < 4.78 is 22.1. The third kappa shape index (κ3) is 3.07. The molecule has 142 valence electrons. The minimum absolute atomic E-state index is 0.00565. The predicted octanol–water partition coefficient (Wildman–Crippen LogP) is 4.82. The molecule has 5 rings (SSSR count). The summed E-state index contributed by atoms with van der Waals surface area (Å²) in [5, 5.41) is 8.09. The van der Waals surface area contributed by atoms with Gasteiger partial charge >= 0.3 is 0 Å². The molecule has 2 atom stereocenters. The van der Waals surface area contributed by atoms with Gasteiger partial charge in [0.05, 0.1) is 17.9 Å². The van der Waals surface area contributed by atoms with Crippen LogP contribution in [0.25, 0.3) is 11.3 Å². The lowest BCUT2D eigenvalue weighted by molar-refractivity contribution is 0.302. The Morgan fingerprint density at radius 1 is 1.25 bits per heavy atom. The molecule has 1 aliphatic carbocycles. The molecule has 1 aliphatic heterocycles. The van der Waals surface area contributed by atoms with Crippen molar-refractivity contribution in [1.29, 1.82) is 0 Å². The molecule has 0 bridgehead atoms. The quantitative estimate of drug-likeness (QED) is 0.650. The van der Waals surface area contributed by atoms with E-state index in [1.807, 2.05) is 35.0 Å². The Kier molecular flexibility index (Phi) is 3.97. The summed E-state index contributed by atoms with van der Waals surface area (Å²) >= 11 is 0.